The molecule has 0 aromatic carbocycles. The van der Waals surface area contributed by atoms with E-state index < -0.39 is 10.8 Å². The van der Waals surface area contributed by atoms with Gasteiger partial charge in [-0.25, -0.2) is 0 Å². The standard InChI is InChI=1S/C17H31Cl2NO2S/c1-20-10-14(11-6-7-15(18)16(19)9-11)17(21)12-4-3-5-13(8-12)23(2)22/h11-17,20-21H,3-10H2,1-2H3/t11?,12?,13?,14-,15?,16?,17-,23?/m0/s1. The molecule has 0 aromatic heterocycles. The van der Waals surface area contributed by atoms with Crippen LogP contribution in [0, 0.1) is 17.8 Å². The van der Waals surface area contributed by atoms with Crippen LogP contribution >= 0.6 is 23.2 Å². The number of hydrogen-bond acceptors (Lipinski definition) is 3. The minimum atomic E-state index is -0.787. The molecule has 2 aliphatic rings. The van der Waals surface area contributed by atoms with Crippen LogP contribution in [-0.4, -0.2) is 51.3 Å². The Labute approximate surface area is 153 Å². The van der Waals surface area contributed by atoms with E-state index in [9.17, 15) is 9.32 Å². The number of alkyl halides is 2. The third-order valence-electron chi connectivity index (χ3n) is 5.84. The maximum Gasteiger partial charge on any atom is 0.0611 e. The number of hydrogen-bond donors (Lipinski definition) is 2. The van der Waals surface area contributed by atoms with Crippen LogP contribution in [0.4, 0.5) is 0 Å². The van der Waals surface area contributed by atoms with E-state index >= 15 is 0 Å². The van der Waals surface area contributed by atoms with Crippen LogP contribution in [0.3, 0.4) is 0 Å². The number of halogens is 2. The van der Waals surface area contributed by atoms with Gasteiger partial charge in [0.2, 0.25) is 0 Å². The molecule has 0 radical (unpaired) electrons. The molecule has 6 heteroatoms. The Morgan fingerprint density at radius 1 is 1.13 bits per heavy atom. The zero-order valence-corrected chi connectivity index (χ0v) is 16.5. The molecule has 136 valence electrons. The lowest BCUT2D eigenvalue weighted by Gasteiger charge is -2.41. The van der Waals surface area contributed by atoms with Crippen molar-refractivity contribution in [2.75, 3.05) is 19.8 Å². The van der Waals surface area contributed by atoms with Gasteiger partial charge in [0, 0.05) is 40.1 Å². The first-order chi connectivity index (χ1) is 10.9. The highest BCUT2D eigenvalue weighted by atomic mass is 35.5. The topological polar surface area (TPSA) is 49.3 Å². The van der Waals surface area contributed by atoms with Gasteiger partial charge in [-0.2, -0.15) is 0 Å². The lowest BCUT2D eigenvalue weighted by atomic mass is 9.71. The van der Waals surface area contributed by atoms with Gasteiger partial charge in [-0.15, -0.1) is 23.2 Å². The van der Waals surface area contributed by atoms with E-state index in [-0.39, 0.29) is 33.9 Å². The Morgan fingerprint density at radius 3 is 2.48 bits per heavy atom. The van der Waals surface area contributed by atoms with Crippen molar-refractivity contribution in [2.24, 2.45) is 17.8 Å². The maximum absolute atomic E-state index is 11.8. The van der Waals surface area contributed by atoms with E-state index in [2.05, 4.69) is 5.32 Å². The molecular formula is C17H31Cl2NO2S. The van der Waals surface area contributed by atoms with E-state index in [1.807, 2.05) is 7.05 Å². The van der Waals surface area contributed by atoms with Crippen molar-refractivity contribution in [3.05, 3.63) is 0 Å². The molecule has 0 spiro atoms. The second kappa shape index (κ2) is 9.38. The molecule has 0 bridgehead atoms. The van der Waals surface area contributed by atoms with Crippen LogP contribution in [0.1, 0.15) is 44.9 Å². The zero-order chi connectivity index (χ0) is 17.0. The van der Waals surface area contributed by atoms with E-state index in [4.69, 9.17) is 23.2 Å². The Bertz CT molecular complexity index is 399. The summed E-state index contributed by atoms with van der Waals surface area (Å²) >= 11 is 12.6. The van der Waals surface area contributed by atoms with Crippen LogP contribution in [-0.2, 0) is 10.8 Å². The van der Waals surface area contributed by atoms with Gasteiger partial charge in [0.15, 0.2) is 0 Å². The lowest BCUT2D eigenvalue weighted by molar-refractivity contribution is 0.00301. The molecule has 0 aliphatic heterocycles. The lowest BCUT2D eigenvalue weighted by Crippen LogP contribution is -2.44. The fraction of sp³-hybridized carbons (Fsp3) is 1.00. The van der Waals surface area contributed by atoms with Crippen LogP contribution < -0.4 is 5.32 Å². The number of rotatable bonds is 6. The van der Waals surface area contributed by atoms with Crippen molar-refractivity contribution in [2.45, 2.75) is 67.1 Å². The second-order valence-electron chi connectivity index (χ2n) is 7.36. The Morgan fingerprint density at radius 2 is 1.87 bits per heavy atom. The van der Waals surface area contributed by atoms with Crippen molar-refractivity contribution >= 4 is 34.0 Å². The SMILES string of the molecule is CNC[C@@H](C1CCC(Cl)C(Cl)C1)[C@@H](O)C1CCCC(S(C)=O)C1. The van der Waals surface area contributed by atoms with Gasteiger partial charge in [-0.1, -0.05) is 6.42 Å². The summed E-state index contributed by atoms with van der Waals surface area (Å²) in [5, 5.41) is 14.6. The highest BCUT2D eigenvalue weighted by Gasteiger charge is 2.39. The predicted molar refractivity (Wildman–Crippen MR) is 99.9 cm³/mol. The minimum absolute atomic E-state index is 0.00391. The molecule has 2 aliphatic carbocycles. The smallest absolute Gasteiger partial charge is 0.0611 e. The third-order valence-corrected chi connectivity index (χ3v) is 8.34. The zero-order valence-electron chi connectivity index (χ0n) is 14.2. The summed E-state index contributed by atoms with van der Waals surface area (Å²) in [6.07, 6.45) is 8.35. The maximum atomic E-state index is 11.8. The van der Waals surface area contributed by atoms with E-state index in [1.54, 1.807) is 6.26 Å². The molecule has 2 fully saturated rings. The largest absolute Gasteiger partial charge is 0.392 e. The molecule has 8 atom stereocenters. The van der Waals surface area contributed by atoms with E-state index in [1.165, 1.54) is 0 Å². The summed E-state index contributed by atoms with van der Waals surface area (Å²) in [5.74, 6) is 0.889. The van der Waals surface area contributed by atoms with Crippen LogP contribution in [0.2, 0.25) is 0 Å². The highest BCUT2D eigenvalue weighted by Crippen LogP contribution is 2.40. The molecular weight excluding hydrogens is 353 g/mol. The first-order valence-electron chi connectivity index (χ1n) is 8.87. The summed E-state index contributed by atoms with van der Waals surface area (Å²) < 4.78 is 11.8. The Hall–Kier alpha value is 0.650. The number of nitrogens with one attached hydrogen (secondary N) is 1. The summed E-state index contributed by atoms with van der Waals surface area (Å²) in [7, 11) is 1.15. The number of aliphatic hydroxyl groups excluding tert-OH is 1. The molecule has 2 rings (SSSR count). The average molecular weight is 384 g/mol. The minimum Gasteiger partial charge on any atom is -0.392 e. The fourth-order valence-corrected chi connectivity index (χ4v) is 6.04. The van der Waals surface area contributed by atoms with E-state index in [0.29, 0.717) is 5.92 Å². The molecule has 23 heavy (non-hydrogen) atoms. The van der Waals surface area contributed by atoms with Gasteiger partial charge in [0.05, 0.1) is 11.5 Å². The van der Waals surface area contributed by atoms with Gasteiger partial charge in [0.25, 0.3) is 0 Å². The molecule has 2 N–H and O–H groups in total. The summed E-state index contributed by atoms with van der Waals surface area (Å²) in [6.45, 7) is 0.804. The number of aliphatic hydroxyl groups is 1. The summed E-state index contributed by atoms with van der Waals surface area (Å²) in [5.41, 5.74) is 0. The van der Waals surface area contributed by atoms with Crippen molar-refractivity contribution in [1.29, 1.82) is 0 Å². The molecule has 3 nitrogen and oxygen atoms in total. The van der Waals surface area contributed by atoms with Crippen LogP contribution in [0.15, 0.2) is 0 Å². The van der Waals surface area contributed by atoms with Crippen LogP contribution in [0.5, 0.6) is 0 Å². The van der Waals surface area contributed by atoms with Gasteiger partial charge >= 0.3 is 0 Å². The van der Waals surface area contributed by atoms with Crippen molar-refractivity contribution < 1.29 is 9.32 Å². The predicted octanol–water partition coefficient (Wildman–Crippen LogP) is 3.14. The first kappa shape index (κ1) is 20.0. The summed E-state index contributed by atoms with van der Waals surface area (Å²) in [4.78, 5) is 0. The molecule has 0 amide bonds. The monoisotopic (exact) mass is 383 g/mol. The van der Waals surface area contributed by atoms with Gasteiger partial charge in [0.1, 0.15) is 0 Å². The van der Waals surface area contributed by atoms with Crippen molar-refractivity contribution in [3.8, 4) is 0 Å². The van der Waals surface area contributed by atoms with Crippen molar-refractivity contribution in [1.82, 2.24) is 5.32 Å². The van der Waals surface area contributed by atoms with Gasteiger partial charge < -0.3 is 10.4 Å². The Kier molecular flexibility index (Phi) is 8.14. The molecule has 6 unspecified atom stereocenters. The second-order valence-corrected chi connectivity index (χ2v) is 10.1. The average Bonchev–Trinajstić information content (AvgIpc) is 2.55. The molecule has 0 aromatic rings. The quantitative estimate of drug-likeness (QED) is 0.692. The van der Waals surface area contributed by atoms with Gasteiger partial charge in [-0.3, -0.25) is 4.21 Å². The third kappa shape index (κ3) is 5.31. The fourth-order valence-electron chi connectivity index (χ4n) is 4.44. The highest BCUT2D eigenvalue weighted by molar-refractivity contribution is 7.84. The molecule has 2 saturated carbocycles. The van der Waals surface area contributed by atoms with Crippen molar-refractivity contribution in [3.63, 3.8) is 0 Å². The van der Waals surface area contributed by atoms with Crippen LogP contribution in [0.25, 0.3) is 0 Å². The summed E-state index contributed by atoms with van der Waals surface area (Å²) in [6, 6.07) is 0. The molecule has 0 saturated heterocycles. The normalized spacial score (nSPS) is 39.6. The van der Waals surface area contributed by atoms with Gasteiger partial charge in [-0.05, 0) is 57.4 Å². The molecule has 0 heterocycles. The Balaban J connectivity index is 2.02. The first-order valence-corrected chi connectivity index (χ1v) is 11.4. The van der Waals surface area contributed by atoms with E-state index in [0.717, 1.165) is 51.5 Å².